The maximum absolute atomic E-state index is 6.46. The van der Waals surface area contributed by atoms with E-state index >= 15 is 0 Å². The smallest absolute Gasteiger partial charge is 0.227 e. The molecule has 5 nitrogen and oxygen atoms in total. The summed E-state index contributed by atoms with van der Waals surface area (Å²) in [5.74, 6) is 2.46. The molecule has 2 heterocycles. The molecule has 2 aromatic heterocycles. The van der Waals surface area contributed by atoms with Gasteiger partial charge in [-0.1, -0.05) is 133 Å². The molecule has 0 saturated heterocycles. The number of benzene rings is 7. The van der Waals surface area contributed by atoms with E-state index in [0.717, 1.165) is 60.5 Å². The summed E-state index contributed by atoms with van der Waals surface area (Å²) < 4.78 is 6.46. The molecular weight excluding hydrogens is 576 g/mol. The Balaban J connectivity index is 0.00000189. The van der Waals surface area contributed by atoms with Gasteiger partial charge >= 0.3 is 0 Å². The SMILES string of the molecule is [H-].[H-].c1ccc(-c2ccc(-c3nc(-c4ccccc4)nc(-c4ccc5ccc6ccc7nc(-c8ccccc8)oc7c6c5c4)n3)cc2)cc1. The molecule has 0 fully saturated rings. The molecule has 7 aromatic carbocycles. The van der Waals surface area contributed by atoms with Gasteiger partial charge in [0.15, 0.2) is 23.1 Å². The Morgan fingerprint density at radius 2 is 0.851 bits per heavy atom. The molecule has 0 bridgehead atoms. The molecule has 0 aliphatic rings. The zero-order valence-electron chi connectivity index (χ0n) is 27.2. The minimum Gasteiger partial charge on any atom is -1.00 e. The van der Waals surface area contributed by atoms with E-state index in [1.165, 1.54) is 5.56 Å². The van der Waals surface area contributed by atoms with Crippen molar-refractivity contribution in [2.75, 3.05) is 0 Å². The standard InChI is InChI=1S/C42H26N4O.2H/c1-4-10-27(11-5-1)28-16-21-32(22-17-28)40-44-39(31-12-6-2-7-13-31)45-41(46-40)34-23-19-29-18-20-30-24-25-36-38(37(30)35(29)26-34)47-42(43-36)33-14-8-3-9-15-33;;/h1-26H;;/q;2*-1. The van der Waals surface area contributed by atoms with E-state index in [4.69, 9.17) is 24.4 Å². The Morgan fingerprint density at radius 1 is 0.383 bits per heavy atom. The second kappa shape index (κ2) is 11.2. The average Bonchev–Trinajstić information content (AvgIpc) is 3.60. The maximum Gasteiger partial charge on any atom is 0.227 e. The van der Waals surface area contributed by atoms with Crippen LogP contribution < -0.4 is 0 Å². The highest BCUT2D eigenvalue weighted by Crippen LogP contribution is 2.37. The molecule has 0 saturated carbocycles. The van der Waals surface area contributed by atoms with Gasteiger partial charge < -0.3 is 7.27 Å². The van der Waals surface area contributed by atoms with Crippen molar-refractivity contribution in [3.63, 3.8) is 0 Å². The predicted molar refractivity (Wildman–Crippen MR) is 192 cm³/mol. The van der Waals surface area contributed by atoms with Crippen LogP contribution in [0.5, 0.6) is 0 Å². The lowest BCUT2D eigenvalue weighted by Gasteiger charge is -2.10. The van der Waals surface area contributed by atoms with Crippen LogP contribution >= 0.6 is 0 Å². The normalized spacial score (nSPS) is 11.4. The Kier molecular flexibility index (Phi) is 6.39. The summed E-state index contributed by atoms with van der Waals surface area (Å²) >= 11 is 0. The predicted octanol–water partition coefficient (Wildman–Crippen LogP) is 10.9. The van der Waals surface area contributed by atoms with Crippen molar-refractivity contribution >= 4 is 32.6 Å². The molecule has 9 aromatic rings. The van der Waals surface area contributed by atoms with Crippen molar-refractivity contribution in [3.8, 4) is 56.7 Å². The molecule has 0 spiro atoms. The topological polar surface area (TPSA) is 64.7 Å². The summed E-state index contributed by atoms with van der Waals surface area (Å²) in [5, 5.41) is 4.25. The summed E-state index contributed by atoms with van der Waals surface area (Å²) in [4.78, 5) is 19.8. The van der Waals surface area contributed by atoms with E-state index in [0.29, 0.717) is 23.4 Å². The molecule has 5 heteroatoms. The van der Waals surface area contributed by atoms with Crippen molar-refractivity contribution in [2.45, 2.75) is 0 Å². The number of aromatic nitrogens is 4. The number of hydrogen-bond donors (Lipinski definition) is 0. The summed E-state index contributed by atoms with van der Waals surface area (Å²) in [5.41, 5.74) is 7.59. The highest BCUT2D eigenvalue weighted by Gasteiger charge is 2.16. The van der Waals surface area contributed by atoms with Crippen LogP contribution in [-0.2, 0) is 0 Å². The van der Waals surface area contributed by atoms with Gasteiger partial charge in [-0.25, -0.2) is 19.9 Å². The van der Waals surface area contributed by atoms with Crippen molar-refractivity contribution in [2.24, 2.45) is 0 Å². The molecule has 9 rings (SSSR count). The molecule has 0 amide bonds. The summed E-state index contributed by atoms with van der Waals surface area (Å²) in [7, 11) is 0. The van der Waals surface area contributed by atoms with E-state index in [2.05, 4.69) is 84.9 Å². The first-order chi connectivity index (χ1) is 23.3. The fraction of sp³-hybridized carbons (Fsp3) is 0. The van der Waals surface area contributed by atoms with Gasteiger partial charge in [0.2, 0.25) is 5.89 Å². The van der Waals surface area contributed by atoms with Gasteiger partial charge in [0, 0.05) is 27.6 Å². The van der Waals surface area contributed by atoms with Crippen LogP contribution in [0.1, 0.15) is 2.85 Å². The van der Waals surface area contributed by atoms with Crippen molar-refractivity contribution in [1.29, 1.82) is 0 Å². The Labute approximate surface area is 273 Å². The number of nitrogens with zero attached hydrogens (tertiary/aromatic N) is 4. The molecule has 0 aliphatic heterocycles. The first kappa shape index (κ1) is 26.9. The molecule has 0 unspecified atom stereocenters. The average molecular weight is 605 g/mol. The van der Waals surface area contributed by atoms with Crippen LogP contribution in [0.2, 0.25) is 0 Å². The van der Waals surface area contributed by atoms with Crippen LogP contribution in [0.15, 0.2) is 162 Å². The lowest BCUT2D eigenvalue weighted by atomic mass is 9.99. The molecular formula is C42H28N4O-2. The quantitative estimate of drug-likeness (QED) is 0.183. The molecule has 0 atom stereocenters. The molecule has 47 heavy (non-hydrogen) atoms. The van der Waals surface area contributed by atoms with Gasteiger partial charge in [-0.2, -0.15) is 0 Å². The third-order valence-electron chi connectivity index (χ3n) is 8.55. The van der Waals surface area contributed by atoms with Crippen molar-refractivity contribution in [3.05, 3.63) is 158 Å². The lowest BCUT2D eigenvalue weighted by Crippen LogP contribution is -2.00. The summed E-state index contributed by atoms with van der Waals surface area (Å²) in [6.45, 7) is 0. The Hall–Kier alpha value is -6.46. The van der Waals surface area contributed by atoms with Crippen LogP contribution in [0.25, 0.3) is 89.4 Å². The number of hydrogen-bond acceptors (Lipinski definition) is 5. The zero-order chi connectivity index (χ0) is 31.2. The zero-order valence-corrected chi connectivity index (χ0v) is 25.2. The van der Waals surface area contributed by atoms with Gasteiger partial charge in [-0.05, 0) is 51.6 Å². The Morgan fingerprint density at radius 3 is 1.53 bits per heavy atom. The van der Waals surface area contributed by atoms with Crippen molar-refractivity contribution < 1.29 is 7.27 Å². The van der Waals surface area contributed by atoms with Crippen LogP contribution in [-0.4, -0.2) is 19.9 Å². The minimum absolute atomic E-state index is 0. The summed E-state index contributed by atoms with van der Waals surface area (Å²) in [6.07, 6.45) is 0. The molecule has 0 radical (unpaired) electrons. The first-order valence-electron chi connectivity index (χ1n) is 15.6. The fourth-order valence-corrected chi connectivity index (χ4v) is 6.16. The molecule has 224 valence electrons. The highest BCUT2D eigenvalue weighted by molar-refractivity contribution is 6.18. The van der Waals surface area contributed by atoms with Gasteiger partial charge in [-0.3, -0.25) is 0 Å². The molecule has 0 N–H and O–H groups in total. The van der Waals surface area contributed by atoms with Crippen LogP contribution in [0.3, 0.4) is 0 Å². The van der Waals surface area contributed by atoms with E-state index < -0.39 is 0 Å². The first-order valence-corrected chi connectivity index (χ1v) is 15.6. The third kappa shape index (κ3) is 4.91. The fourth-order valence-electron chi connectivity index (χ4n) is 6.16. The molecule has 0 aliphatic carbocycles. The number of fused-ring (bicyclic) bond motifs is 5. The van der Waals surface area contributed by atoms with E-state index in [9.17, 15) is 0 Å². The van der Waals surface area contributed by atoms with E-state index in [1.807, 2.05) is 72.8 Å². The second-order valence-electron chi connectivity index (χ2n) is 11.5. The van der Waals surface area contributed by atoms with E-state index in [1.54, 1.807) is 0 Å². The van der Waals surface area contributed by atoms with Crippen molar-refractivity contribution in [1.82, 2.24) is 19.9 Å². The van der Waals surface area contributed by atoms with Gasteiger partial charge in [-0.15, -0.1) is 0 Å². The van der Waals surface area contributed by atoms with Crippen LogP contribution in [0, 0.1) is 0 Å². The van der Waals surface area contributed by atoms with Crippen LogP contribution in [0.4, 0.5) is 0 Å². The third-order valence-corrected chi connectivity index (χ3v) is 8.55. The second-order valence-corrected chi connectivity index (χ2v) is 11.5. The van der Waals surface area contributed by atoms with Gasteiger partial charge in [0.1, 0.15) is 5.52 Å². The lowest BCUT2D eigenvalue weighted by molar-refractivity contribution is 0.623. The highest BCUT2D eigenvalue weighted by atomic mass is 16.3. The monoisotopic (exact) mass is 604 g/mol. The van der Waals surface area contributed by atoms with Gasteiger partial charge in [0.25, 0.3) is 0 Å². The Bertz CT molecular complexity index is 2560. The number of oxazole rings is 1. The number of rotatable bonds is 5. The van der Waals surface area contributed by atoms with E-state index in [-0.39, 0.29) is 2.85 Å². The maximum atomic E-state index is 6.46. The summed E-state index contributed by atoms with van der Waals surface area (Å²) in [6, 6.07) is 53.6. The largest absolute Gasteiger partial charge is 1.00 e. The minimum atomic E-state index is 0. The van der Waals surface area contributed by atoms with Gasteiger partial charge in [0.05, 0.1) is 0 Å².